The van der Waals surface area contributed by atoms with Gasteiger partial charge in [0.05, 0.1) is 22.5 Å². The summed E-state index contributed by atoms with van der Waals surface area (Å²) in [7, 11) is 0. The van der Waals surface area contributed by atoms with Gasteiger partial charge in [-0.3, -0.25) is 9.69 Å². The molecular formula is C18H18F3N5O3. The summed E-state index contributed by atoms with van der Waals surface area (Å²) in [6.07, 6.45) is -4.46. The van der Waals surface area contributed by atoms with Gasteiger partial charge in [0.15, 0.2) is 5.82 Å². The highest BCUT2D eigenvalue weighted by Crippen LogP contribution is 2.38. The lowest BCUT2D eigenvalue weighted by atomic mass is 10.1. The van der Waals surface area contributed by atoms with Gasteiger partial charge in [-0.05, 0) is 36.4 Å². The number of carbonyl (C=O) groups is 1. The third-order valence-corrected chi connectivity index (χ3v) is 4.51. The smallest absolute Gasteiger partial charge is 0.416 e. The van der Waals surface area contributed by atoms with E-state index in [1.54, 1.807) is 24.3 Å². The summed E-state index contributed by atoms with van der Waals surface area (Å²) in [5.74, 6) is -0.486. The van der Waals surface area contributed by atoms with E-state index in [1.165, 1.54) is 27.1 Å². The number of para-hydroxylation sites is 1. The Labute approximate surface area is 163 Å². The Kier molecular flexibility index (Phi) is 5.13. The second kappa shape index (κ2) is 7.28. The summed E-state index contributed by atoms with van der Waals surface area (Å²) in [5, 5.41) is 13.5. The molecule has 11 heteroatoms. The average molecular weight is 409 g/mol. The molecule has 0 fully saturated rings. The molecule has 0 radical (unpaired) electrons. The Morgan fingerprint density at radius 2 is 1.69 bits per heavy atom. The average Bonchev–Trinajstić information content (AvgIpc) is 3.02. The van der Waals surface area contributed by atoms with E-state index in [4.69, 9.17) is 5.73 Å². The van der Waals surface area contributed by atoms with Crippen LogP contribution in [0.3, 0.4) is 0 Å². The molecular weight excluding hydrogens is 391 g/mol. The van der Waals surface area contributed by atoms with Crippen LogP contribution in [0, 0.1) is 0 Å². The first kappa shape index (κ1) is 20.5. The number of amides is 1. The molecule has 29 heavy (non-hydrogen) atoms. The molecule has 2 aromatic carbocycles. The number of rotatable bonds is 3. The van der Waals surface area contributed by atoms with E-state index in [0.717, 1.165) is 12.1 Å². The lowest BCUT2D eigenvalue weighted by Gasteiger charge is -2.35. The molecule has 8 nitrogen and oxygen atoms in total. The number of carbonyl (C=O) groups excluding carboxylic acids is 1. The number of fused-ring (bicyclic) bond motifs is 3. The van der Waals surface area contributed by atoms with Crippen LogP contribution in [0.5, 0.6) is 0 Å². The predicted molar refractivity (Wildman–Crippen MR) is 99.3 cm³/mol. The van der Waals surface area contributed by atoms with Crippen molar-refractivity contribution >= 4 is 17.3 Å². The van der Waals surface area contributed by atoms with Crippen LogP contribution < -0.4 is 21.3 Å². The van der Waals surface area contributed by atoms with Gasteiger partial charge in [-0.25, -0.2) is 10.0 Å². The maximum Gasteiger partial charge on any atom is 0.416 e. The molecule has 0 aromatic heterocycles. The van der Waals surface area contributed by atoms with E-state index in [9.17, 15) is 23.1 Å². The summed E-state index contributed by atoms with van der Waals surface area (Å²) >= 11 is 0. The van der Waals surface area contributed by atoms with Gasteiger partial charge in [-0.1, -0.05) is 12.1 Å². The van der Waals surface area contributed by atoms with Gasteiger partial charge in [0.2, 0.25) is 0 Å². The molecule has 2 aliphatic heterocycles. The quantitative estimate of drug-likeness (QED) is 0.711. The van der Waals surface area contributed by atoms with Crippen molar-refractivity contribution in [1.29, 1.82) is 0 Å². The number of anilines is 2. The van der Waals surface area contributed by atoms with E-state index < -0.39 is 11.7 Å². The number of hydrogen-bond donors (Lipinski definition) is 3. The van der Waals surface area contributed by atoms with Crippen molar-refractivity contribution in [2.75, 3.05) is 23.1 Å². The van der Waals surface area contributed by atoms with Crippen LogP contribution in [0.25, 0.3) is 0 Å². The summed E-state index contributed by atoms with van der Waals surface area (Å²) in [6.45, 7) is 0.324. The molecule has 0 aliphatic carbocycles. The van der Waals surface area contributed by atoms with Crippen LogP contribution in [0.2, 0.25) is 0 Å². The minimum Gasteiger partial charge on any atom is -0.491 e. The first-order chi connectivity index (χ1) is 13.3. The number of nitrogens with one attached hydrogen (secondary N) is 1. The van der Waals surface area contributed by atoms with Gasteiger partial charge < -0.3 is 16.3 Å². The van der Waals surface area contributed by atoms with Crippen molar-refractivity contribution in [2.24, 2.45) is 5.73 Å². The highest BCUT2D eigenvalue weighted by molar-refractivity contribution is 6.04. The molecule has 154 valence electrons. The minimum absolute atomic E-state index is 0. The van der Waals surface area contributed by atoms with Crippen LogP contribution in [-0.2, 0) is 6.18 Å². The first-order valence-electron chi connectivity index (χ1n) is 8.41. The van der Waals surface area contributed by atoms with Crippen molar-refractivity contribution in [3.8, 4) is 0 Å². The van der Waals surface area contributed by atoms with Crippen molar-refractivity contribution in [1.82, 2.24) is 10.4 Å². The molecule has 0 bridgehead atoms. The summed E-state index contributed by atoms with van der Waals surface area (Å²) in [6, 6.07) is 11.1. The van der Waals surface area contributed by atoms with Crippen molar-refractivity contribution < 1.29 is 28.5 Å². The number of aliphatic hydroxyl groups is 1. The molecule has 0 atom stereocenters. The van der Waals surface area contributed by atoms with Gasteiger partial charge >= 0.3 is 6.18 Å². The van der Waals surface area contributed by atoms with Crippen molar-refractivity contribution in [3.63, 3.8) is 0 Å². The largest absolute Gasteiger partial charge is 0.491 e. The Morgan fingerprint density at radius 1 is 1.03 bits per heavy atom. The Balaban J connectivity index is 0.00000240. The van der Waals surface area contributed by atoms with Crippen LogP contribution >= 0.6 is 0 Å². The van der Waals surface area contributed by atoms with Crippen LogP contribution in [-0.4, -0.2) is 34.5 Å². The molecule has 0 unspecified atom stereocenters. The van der Waals surface area contributed by atoms with E-state index in [0.29, 0.717) is 11.3 Å². The molecule has 0 spiro atoms. The molecule has 0 saturated carbocycles. The molecule has 0 saturated heterocycles. The van der Waals surface area contributed by atoms with E-state index in [1.807, 2.05) is 0 Å². The molecule has 2 aromatic rings. The number of nitrogens with zero attached hydrogens (tertiary/aromatic N) is 3. The number of alkyl halides is 3. The topological polar surface area (TPSA) is 117 Å². The van der Waals surface area contributed by atoms with Crippen molar-refractivity contribution in [3.05, 3.63) is 71.4 Å². The second-order valence-corrected chi connectivity index (χ2v) is 6.23. The minimum atomic E-state index is -4.46. The number of benzene rings is 2. The molecule has 2 aliphatic rings. The zero-order valence-corrected chi connectivity index (χ0v) is 14.9. The number of nitrogens with two attached hydrogens (primary N) is 1. The van der Waals surface area contributed by atoms with Gasteiger partial charge in [-0.2, -0.15) is 13.2 Å². The molecule has 1 amide bonds. The lowest BCUT2D eigenvalue weighted by Crippen LogP contribution is -2.50. The fourth-order valence-corrected chi connectivity index (χ4v) is 3.21. The second-order valence-electron chi connectivity index (χ2n) is 6.23. The summed E-state index contributed by atoms with van der Waals surface area (Å²) in [5.41, 5.74) is 8.92. The third kappa shape index (κ3) is 3.24. The van der Waals surface area contributed by atoms with Crippen LogP contribution in [0.4, 0.5) is 24.5 Å². The van der Waals surface area contributed by atoms with E-state index >= 15 is 0 Å². The zero-order valence-electron chi connectivity index (χ0n) is 14.9. The summed E-state index contributed by atoms with van der Waals surface area (Å²) < 4.78 is 38.4. The predicted octanol–water partition coefficient (Wildman–Crippen LogP) is 1.73. The standard InChI is InChI=1S/C18H16F3N5O2.H2O/c19-18(20,21)11-5-7-12(8-6-11)25-17(28)15-24(10-9-22)16(27)13-3-1-2-4-14(13)26(15)23-25;/h1-8,23,28H,9-10,22H2;1H2. The van der Waals surface area contributed by atoms with E-state index in [2.05, 4.69) is 5.53 Å². The number of aliphatic hydroxyl groups excluding tert-OH is 1. The Morgan fingerprint density at radius 3 is 2.31 bits per heavy atom. The molecule has 4 rings (SSSR count). The highest BCUT2D eigenvalue weighted by atomic mass is 19.4. The maximum absolute atomic E-state index is 12.8. The molecule has 2 heterocycles. The lowest BCUT2D eigenvalue weighted by molar-refractivity contribution is -0.137. The fraction of sp³-hybridized carbons (Fsp3) is 0.167. The third-order valence-electron chi connectivity index (χ3n) is 4.51. The number of hydrazine groups is 2. The highest BCUT2D eigenvalue weighted by Gasteiger charge is 2.42. The van der Waals surface area contributed by atoms with Gasteiger partial charge in [0, 0.05) is 13.1 Å². The fourth-order valence-electron chi connectivity index (χ4n) is 3.21. The SMILES string of the molecule is NCCN1C(=O)c2ccccc2N2NN(c3ccc(C(F)(F)F)cc3)C(O)=C12.O. The van der Waals surface area contributed by atoms with Gasteiger partial charge in [-0.15, -0.1) is 5.53 Å². The number of hydrogen-bond acceptors (Lipinski definition) is 6. The zero-order chi connectivity index (χ0) is 20.1. The van der Waals surface area contributed by atoms with E-state index in [-0.39, 0.29) is 41.9 Å². The van der Waals surface area contributed by atoms with Gasteiger partial charge in [0.1, 0.15) is 0 Å². The summed E-state index contributed by atoms with van der Waals surface area (Å²) in [4.78, 5) is 14.1. The van der Waals surface area contributed by atoms with Gasteiger partial charge in [0.25, 0.3) is 11.8 Å². The van der Waals surface area contributed by atoms with Crippen LogP contribution in [0.1, 0.15) is 15.9 Å². The molecule has 6 N–H and O–H groups in total. The van der Waals surface area contributed by atoms with Crippen LogP contribution in [0.15, 0.2) is 60.2 Å². The first-order valence-corrected chi connectivity index (χ1v) is 8.41. The Bertz CT molecular complexity index is 962. The normalized spacial score (nSPS) is 16.0. The van der Waals surface area contributed by atoms with Crippen molar-refractivity contribution in [2.45, 2.75) is 6.18 Å². The number of halogens is 3. The maximum atomic E-state index is 12.8. The monoisotopic (exact) mass is 409 g/mol. The Hall–Kier alpha value is -3.28.